The van der Waals surface area contributed by atoms with Gasteiger partial charge in [-0.25, -0.2) is 0 Å². The molecule has 21 heavy (non-hydrogen) atoms. The van der Waals surface area contributed by atoms with Gasteiger partial charge in [-0.2, -0.15) is 0 Å². The highest BCUT2D eigenvalue weighted by atomic mass is 14.9. The van der Waals surface area contributed by atoms with Crippen LogP contribution in [0.2, 0.25) is 0 Å². The van der Waals surface area contributed by atoms with Gasteiger partial charge in [-0.05, 0) is 41.3 Å². The van der Waals surface area contributed by atoms with Crippen molar-refractivity contribution in [2.24, 2.45) is 0 Å². The van der Waals surface area contributed by atoms with E-state index in [0.717, 1.165) is 11.4 Å². The van der Waals surface area contributed by atoms with Crippen LogP contribution in [0.5, 0.6) is 0 Å². The number of nitrogens with zero attached hydrogens (tertiary/aromatic N) is 1. The Kier molecular flexibility index (Phi) is 2.74. The zero-order chi connectivity index (χ0) is 14.2. The number of hydrogen-bond donors (Lipinski definition) is 1. The van der Waals surface area contributed by atoms with Gasteiger partial charge >= 0.3 is 0 Å². The number of aryl methyl sites for hydroxylation is 1. The molecular weight excluding hydrogens is 256 g/mol. The molecule has 1 heterocycles. The summed E-state index contributed by atoms with van der Waals surface area (Å²) in [4.78, 5) is 4.37. The molecule has 0 bridgehead atoms. The first kappa shape index (κ1) is 12.2. The number of hydrogen-bond acceptors (Lipinski definition) is 2. The number of nitrogens with one attached hydrogen (secondary N) is 1. The number of aromatic nitrogens is 1. The zero-order valence-electron chi connectivity index (χ0n) is 11.9. The molecule has 2 aromatic carbocycles. The molecule has 1 aliphatic carbocycles. The number of rotatable bonds is 2. The fourth-order valence-electron chi connectivity index (χ4n) is 3.03. The highest BCUT2D eigenvalue weighted by Crippen LogP contribution is 2.44. The Morgan fingerprint density at radius 1 is 0.810 bits per heavy atom. The summed E-state index contributed by atoms with van der Waals surface area (Å²) in [5.74, 6) is 0. The average molecular weight is 272 g/mol. The van der Waals surface area contributed by atoms with Crippen molar-refractivity contribution < 1.29 is 0 Å². The lowest BCUT2D eigenvalue weighted by Crippen LogP contribution is -2.09. The Hall–Kier alpha value is -2.61. The number of anilines is 1. The van der Waals surface area contributed by atoms with Crippen LogP contribution in [0.4, 0.5) is 5.69 Å². The fourth-order valence-corrected chi connectivity index (χ4v) is 3.03. The van der Waals surface area contributed by atoms with Gasteiger partial charge in [-0.1, -0.05) is 48.5 Å². The van der Waals surface area contributed by atoms with Crippen molar-refractivity contribution in [2.75, 3.05) is 5.32 Å². The van der Waals surface area contributed by atoms with Gasteiger partial charge in [0.1, 0.15) is 0 Å². The quantitative estimate of drug-likeness (QED) is 0.739. The molecular formula is C19H16N2. The van der Waals surface area contributed by atoms with Crippen LogP contribution in [0, 0.1) is 6.92 Å². The third kappa shape index (κ3) is 2.00. The molecule has 0 aliphatic heterocycles. The van der Waals surface area contributed by atoms with Crippen molar-refractivity contribution in [1.29, 1.82) is 0 Å². The minimum atomic E-state index is 0.196. The molecule has 2 heteroatoms. The van der Waals surface area contributed by atoms with E-state index in [1.165, 1.54) is 22.3 Å². The van der Waals surface area contributed by atoms with Crippen molar-refractivity contribution in [3.63, 3.8) is 0 Å². The molecule has 0 spiro atoms. The summed E-state index contributed by atoms with van der Waals surface area (Å²) in [7, 11) is 0. The highest BCUT2D eigenvalue weighted by Gasteiger charge is 2.27. The molecule has 0 unspecified atom stereocenters. The minimum Gasteiger partial charge on any atom is -0.373 e. The molecule has 1 aliphatic rings. The molecule has 2 nitrogen and oxygen atoms in total. The van der Waals surface area contributed by atoms with E-state index >= 15 is 0 Å². The van der Waals surface area contributed by atoms with E-state index in [-0.39, 0.29) is 6.04 Å². The number of benzene rings is 2. The van der Waals surface area contributed by atoms with Crippen LogP contribution in [0.25, 0.3) is 11.1 Å². The van der Waals surface area contributed by atoms with E-state index in [9.17, 15) is 0 Å². The van der Waals surface area contributed by atoms with Crippen molar-refractivity contribution in [3.05, 3.63) is 83.7 Å². The average Bonchev–Trinajstić information content (AvgIpc) is 2.85. The lowest BCUT2D eigenvalue weighted by Gasteiger charge is -2.17. The lowest BCUT2D eigenvalue weighted by molar-refractivity contribution is 0.968. The largest absolute Gasteiger partial charge is 0.373 e. The Bertz CT molecular complexity index is 745. The summed E-state index contributed by atoms with van der Waals surface area (Å²) in [6.07, 6.45) is 1.90. The highest BCUT2D eigenvalue weighted by molar-refractivity contribution is 5.80. The smallest absolute Gasteiger partial charge is 0.0780 e. The molecule has 0 radical (unpaired) electrons. The van der Waals surface area contributed by atoms with Gasteiger partial charge in [-0.15, -0.1) is 0 Å². The predicted octanol–water partition coefficient (Wildman–Crippen LogP) is 4.57. The van der Waals surface area contributed by atoms with Gasteiger partial charge in [-0.3, -0.25) is 4.98 Å². The van der Waals surface area contributed by atoms with Crippen LogP contribution in [-0.2, 0) is 0 Å². The molecule has 1 N–H and O–H groups in total. The van der Waals surface area contributed by atoms with Gasteiger partial charge in [0.25, 0.3) is 0 Å². The van der Waals surface area contributed by atoms with Crippen molar-refractivity contribution in [2.45, 2.75) is 13.0 Å². The van der Waals surface area contributed by atoms with E-state index in [1.54, 1.807) is 0 Å². The molecule has 0 saturated carbocycles. The molecule has 3 aromatic rings. The van der Waals surface area contributed by atoms with E-state index in [0.29, 0.717) is 0 Å². The van der Waals surface area contributed by atoms with E-state index in [1.807, 2.05) is 19.2 Å². The van der Waals surface area contributed by atoms with Crippen LogP contribution in [-0.4, -0.2) is 4.98 Å². The molecule has 0 amide bonds. The maximum absolute atomic E-state index is 4.37. The second-order valence-electron chi connectivity index (χ2n) is 5.44. The first-order chi connectivity index (χ1) is 10.3. The Morgan fingerprint density at radius 3 is 2.00 bits per heavy atom. The van der Waals surface area contributed by atoms with Crippen molar-refractivity contribution in [1.82, 2.24) is 4.98 Å². The second kappa shape index (κ2) is 4.74. The van der Waals surface area contributed by atoms with Crippen LogP contribution in [0.1, 0.15) is 22.9 Å². The van der Waals surface area contributed by atoms with Gasteiger partial charge in [0.05, 0.1) is 17.9 Å². The molecule has 0 saturated heterocycles. The Morgan fingerprint density at radius 2 is 1.43 bits per heavy atom. The topological polar surface area (TPSA) is 24.9 Å². The van der Waals surface area contributed by atoms with Crippen LogP contribution < -0.4 is 5.32 Å². The Labute approximate surface area is 124 Å². The zero-order valence-corrected chi connectivity index (χ0v) is 11.9. The van der Waals surface area contributed by atoms with Gasteiger partial charge < -0.3 is 5.32 Å². The summed E-state index contributed by atoms with van der Waals surface area (Å²) < 4.78 is 0. The Balaban J connectivity index is 1.79. The van der Waals surface area contributed by atoms with Gasteiger partial charge in [0.2, 0.25) is 0 Å². The standard InChI is InChI=1S/C19H16N2/c1-13-10-11-14(12-20-13)21-19-17-8-4-2-6-15(17)16-7-3-5-9-18(16)19/h2-12,19,21H,1H3. The van der Waals surface area contributed by atoms with Crippen molar-refractivity contribution >= 4 is 5.69 Å². The monoisotopic (exact) mass is 272 g/mol. The second-order valence-corrected chi connectivity index (χ2v) is 5.44. The lowest BCUT2D eigenvalue weighted by atomic mass is 10.1. The third-order valence-electron chi connectivity index (χ3n) is 4.06. The van der Waals surface area contributed by atoms with Crippen LogP contribution in [0.3, 0.4) is 0 Å². The molecule has 0 atom stereocenters. The van der Waals surface area contributed by atoms with E-state index < -0.39 is 0 Å². The number of pyridine rings is 1. The van der Waals surface area contributed by atoms with Crippen LogP contribution in [0.15, 0.2) is 66.9 Å². The summed E-state index contributed by atoms with van der Waals surface area (Å²) in [6.45, 7) is 2.00. The SMILES string of the molecule is Cc1ccc(NC2c3ccccc3-c3ccccc32)cn1. The summed E-state index contributed by atoms with van der Waals surface area (Å²) >= 11 is 0. The molecule has 1 aromatic heterocycles. The predicted molar refractivity (Wildman–Crippen MR) is 86.3 cm³/mol. The first-order valence-electron chi connectivity index (χ1n) is 7.20. The van der Waals surface area contributed by atoms with E-state index in [4.69, 9.17) is 0 Å². The van der Waals surface area contributed by atoms with Gasteiger partial charge in [0.15, 0.2) is 0 Å². The molecule has 0 fully saturated rings. The first-order valence-corrected chi connectivity index (χ1v) is 7.20. The maximum atomic E-state index is 4.37. The maximum Gasteiger partial charge on any atom is 0.0780 e. The van der Waals surface area contributed by atoms with Crippen LogP contribution >= 0.6 is 0 Å². The fraction of sp³-hybridized carbons (Fsp3) is 0.105. The normalized spacial score (nSPS) is 12.8. The summed E-state index contributed by atoms with van der Waals surface area (Å²) in [5.41, 5.74) is 7.40. The number of fused-ring (bicyclic) bond motifs is 3. The summed E-state index contributed by atoms with van der Waals surface area (Å²) in [6, 6.07) is 21.5. The van der Waals surface area contributed by atoms with Gasteiger partial charge in [0, 0.05) is 5.69 Å². The minimum absolute atomic E-state index is 0.196. The van der Waals surface area contributed by atoms with E-state index in [2.05, 4.69) is 64.9 Å². The molecule has 4 rings (SSSR count). The summed E-state index contributed by atoms with van der Waals surface area (Å²) in [5, 5.41) is 3.62. The third-order valence-corrected chi connectivity index (χ3v) is 4.06. The van der Waals surface area contributed by atoms with Crippen molar-refractivity contribution in [3.8, 4) is 11.1 Å². The molecule has 102 valence electrons.